The molecule has 0 spiro atoms. The molecule has 0 aliphatic heterocycles. The van der Waals surface area contributed by atoms with E-state index in [1.165, 1.54) is 21.5 Å². The van der Waals surface area contributed by atoms with Gasteiger partial charge in [-0.2, -0.15) is 0 Å². The van der Waals surface area contributed by atoms with Crippen LogP contribution in [0.2, 0.25) is 0 Å². The predicted octanol–water partition coefficient (Wildman–Crippen LogP) is 9.45. The van der Waals surface area contributed by atoms with Crippen molar-refractivity contribution in [1.82, 2.24) is 14.5 Å². The molecule has 0 N–H and O–H groups in total. The first-order valence-corrected chi connectivity index (χ1v) is 13.4. The number of nitrogens with zero attached hydrogens (tertiary/aromatic N) is 3. The van der Waals surface area contributed by atoms with Gasteiger partial charge in [-0.1, -0.05) is 84.9 Å². The Morgan fingerprint density at radius 2 is 1.18 bits per heavy atom. The highest BCUT2D eigenvalue weighted by Gasteiger charge is 2.22. The van der Waals surface area contributed by atoms with Crippen molar-refractivity contribution in [1.29, 1.82) is 0 Å². The second-order valence-corrected chi connectivity index (χ2v) is 10.2. The van der Waals surface area contributed by atoms with E-state index in [2.05, 4.69) is 89.5 Å². The molecule has 0 amide bonds. The first kappa shape index (κ1) is 21.5. The molecule has 6 aromatic carbocycles. The summed E-state index contributed by atoms with van der Waals surface area (Å²) in [5, 5.41) is 6.95. The van der Waals surface area contributed by atoms with Gasteiger partial charge in [-0.25, -0.2) is 9.97 Å². The lowest BCUT2D eigenvalue weighted by atomic mass is 10.1. The summed E-state index contributed by atoms with van der Waals surface area (Å²) in [6.07, 6.45) is 0. The van der Waals surface area contributed by atoms with Gasteiger partial charge in [0.15, 0.2) is 5.82 Å². The molecule has 4 nitrogen and oxygen atoms in total. The van der Waals surface area contributed by atoms with E-state index in [0.29, 0.717) is 0 Å². The lowest BCUT2D eigenvalue weighted by Gasteiger charge is -2.14. The summed E-state index contributed by atoms with van der Waals surface area (Å²) < 4.78 is 8.75. The maximum absolute atomic E-state index is 6.48. The maximum Gasteiger partial charge on any atom is 0.165 e. The number of benzene rings is 6. The Balaban J connectivity index is 1.46. The summed E-state index contributed by atoms with van der Waals surface area (Å²) in [5.74, 6) is 0.785. The van der Waals surface area contributed by atoms with Gasteiger partial charge in [0.25, 0.3) is 0 Å². The Hall–Kier alpha value is -5.48. The van der Waals surface area contributed by atoms with Crippen LogP contribution in [0.15, 0.2) is 132 Å². The number of furan rings is 1. The average Bonchev–Trinajstić information content (AvgIpc) is 3.55. The van der Waals surface area contributed by atoms with E-state index in [1.807, 2.05) is 42.5 Å². The molecule has 40 heavy (non-hydrogen) atoms. The Labute approximate surface area is 228 Å². The normalized spacial score (nSPS) is 12.0. The van der Waals surface area contributed by atoms with Crippen LogP contribution >= 0.6 is 0 Å². The van der Waals surface area contributed by atoms with Gasteiger partial charge in [-0.05, 0) is 53.2 Å². The SMILES string of the molecule is c1ccc2cc3c(cc2c1)c1ccccc1n3-c1nc2ccccc2nc1-c1cccc2c1oc1ccccc12. The van der Waals surface area contributed by atoms with Crippen LogP contribution in [0.1, 0.15) is 0 Å². The molecule has 0 radical (unpaired) electrons. The van der Waals surface area contributed by atoms with Gasteiger partial charge in [-0.3, -0.25) is 4.57 Å². The zero-order valence-electron chi connectivity index (χ0n) is 21.4. The Morgan fingerprint density at radius 3 is 2.05 bits per heavy atom. The van der Waals surface area contributed by atoms with E-state index < -0.39 is 0 Å². The minimum absolute atomic E-state index is 0.785. The molecule has 0 aliphatic rings. The third kappa shape index (κ3) is 2.96. The zero-order chi connectivity index (χ0) is 26.2. The number of para-hydroxylation sites is 5. The molecule has 3 aromatic heterocycles. The third-order valence-corrected chi connectivity index (χ3v) is 7.96. The molecular weight excluding hydrogens is 490 g/mol. The molecule has 0 unspecified atom stereocenters. The second kappa shape index (κ2) is 8.01. The lowest BCUT2D eigenvalue weighted by Crippen LogP contribution is -2.03. The smallest absolute Gasteiger partial charge is 0.165 e. The summed E-state index contributed by atoms with van der Waals surface area (Å²) in [5.41, 5.74) is 7.29. The summed E-state index contributed by atoms with van der Waals surface area (Å²) >= 11 is 0. The molecule has 0 fully saturated rings. The Bertz CT molecular complexity index is 2450. The summed E-state index contributed by atoms with van der Waals surface area (Å²) in [6, 6.07) is 44.2. The second-order valence-electron chi connectivity index (χ2n) is 10.2. The van der Waals surface area contributed by atoms with Crippen LogP contribution < -0.4 is 0 Å². The summed E-state index contributed by atoms with van der Waals surface area (Å²) in [6.45, 7) is 0. The van der Waals surface area contributed by atoms with Crippen molar-refractivity contribution in [3.8, 4) is 17.1 Å². The minimum atomic E-state index is 0.785. The third-order valence-electron chi connectivity index (χ3n) is 7.96. The molecule has 186 valence electrons. The predicted molar refractivity (Wildman–Crippen MR) is 164 cm³/mol. The van der Waals surface area contributed by atoms with E-state index in [1.54, 1.807) is 0 Å². The number of hydrogen-bond donors (Lipinski definition) is 0. The minimum Gasteiger partial charge on any atom is -0.455 e. The molecule has 4 heteroatoms. The van der Waals surface area contributed by atoms with E-state index in [0.717, 1.165) is 61.1 Å². The summed E-state index contributed by atoms with van der Waals surface area (Å²) in [7, 11) is 0. The molecule has 9 aromatic rings. The van der Waals surface area contributed by atoms with Crippen LogP contribution in [-0.4, -0.2) is 14.5 Å². The first-order chi connectivity index (χ1) is 19.8. The van der Waals surface area contributed by atoms with Gasteiger partial charge in [0, 0.05) is 27.1 Å². The van der Waals surface area contributed by atoms with Crippen molar-refractivity contribution < 1.29 is 4.42 Å². The molecule has 9 rings (SSSR count). The lowest BCUT2D eigenvalue weighted by molar-refractivity contribution is 0.669. The van der Waals surface area contributed by atoms with Gasteiger partial charge in [-0.15, -0.1) is 0 Å². The number of aromatic nitrogens is 3. The Morgan fingerprint density at radius 1 is 0.500 bits per heavy atom. The van der Waals surface area contributed by atoms with E-state index in [4.69, 9.17) is 14.4 Å². The highest BCUT2D eigenvalue weighted by Crippen LogP contribution is 2.40. The molecule has 3 heterocycles. The topological polar surface area (TPSA) is 43.9 Å². The van der Waals surface area contributed by atoms with Crippen LogP contribution in [0.3, 0.4) is 0 Å². The molecule has 0 aliphatic carbocycles. The van der Waals surface area contributed by atoms with Gasteiger partial charge >= 0.3 is 0 Å². The quantitative estimate of drug-likeness (QED) is 0.232. The number of fused-ring (bicyclic) bond motifs is 8. The fourth-order valence-corrected chi connectivity index (χ4v) is 6.14. The van der Waals surface area contributed by atoms with Crippen LogP contribution in [0.25, 0.3) is 82.6 Å². The average molecular weight is 512 g/mol. The van der Waals surface area contributed by atoms with Crippen LogP contribution in [0.5, 0.6) is 0 Å². The summed E-state index contributed by atoms with van der Waals surface area (Å²) in [4.78, 5) is 10.5. The van der Waals surface area contributed by atoms with Crippen molar-refractivity contribution in [2.75, 3.05) is 0 Å². The van der Waals surface area contributed by atoms with Crippen molar-refractivity contribution in [3.05, 3.63) is 127 Å². The van der Waals surface area contributed by atoms with E-state index in [9.17, 15) is 0 Å². The van der Waals surface area contributed by atoms with Gasteiger partial charge < -0.3 is 4.42 Å². The van der Waals surface area contributed by atoms with Crippen LogP contribution in [0.4, 0.5) is 0 Å². The van der Waals surface area contributed by atoms with Crippen LogP contribution in [-0.2, 0) is 0 Å². The molecular formula is C36H21N3O. The molecule has 0 bridgehead atoms. The van der Waals surface area contributed by atoms with Crippen LogP contribution in [0, 0.1) is 0 Å². The van der Waals surface area contributed by atoms with Crippen molar-refractivity contribution >= 4 is 65.6 Å². The Kier molecular flexibility index (Phi) is 4.30. The van der Waals surface area contributed by atoms with Crippen molar-refractivity contribution in [2.45, 2.75) is 0 Å². The van der Waals surface area contributed by atoms with Gasteiger partial charge in [0.1, 0.15) is 16.9 Å². The molecule has 0 saturated carbocycles. The molecule has 0 saturated heterocycles. The number of rotatable bonds is 2. The van der Waals surface area contributed by atoms with Crippen molar-refractivity contribution in [3.63, 3.8) is 0 Å². The van der Waals surface area contributed by atoms with E-state index >= 15 is 0 Å². The highest BCUT2D eigenvalue weighted by atomic mass is 16.3. The fraction of sp³-hybridized carbons (Fsp3) is 0. The first-order valence-electron chi connectivity index (χ1n) is 13.4. The fourth-order valence-electron chi connectivity index (χ4n) is 6.14. The van der Waals surface area contributed by atoms with E-state index in [-0.39, 0.29) is 0 Å². The molecule has 0 atom stereocenters. The zero-order valence-corrected chi connectivity index (χ0v) is 21.4. The van der Waals surface area contributed by atoms with Gasteiger partial charge in [0.2, 0.25) is 0 Å². The monoisotopic (exact) mass is 511 g/mol. The number of hydrogen-bond acceptors (Lipinski definition) is 3. The highest BCUT2D eigenvalue weighted by molar-refractivity contribution is 6.14. The van der Waals surface area contributed by atoms with Gasteiger partial charge in [0.05, 0.1) is 22.1 Å². The largest absolute Gasteiger partial charge is 0.455 e. The van der Waals surface area contributed by atoms with Crippen molar-refractivity contribution in [2.24, 2.45) is 0 Å². The maximum atomic E-state index is 6.48. The standard InChI is InChI=1S/C36H21N3O/c1-2-11-23-21-32-28(20-22(23)10-1)24-12-3-7-18-31(24)39(32)36-34(37-29-16-5-6-17-30(29)38-36)27-15-9-14-26-25-13-4-8-19-33(25)40-35(26)27/h1-21H.